The summed E-state index contributed by atoms with van der Waals surface area (Å²) in [5, 5.41) is 3.75. The first-order valence-electron chi connectivity index (χ1n) is 8.28. The molecule has 0 spiro atoms. The second kappa shape index (κ2) is 7.61. The number of allylic oxidation sites excluding steroid dienone is 1. The van der Waals surface area contributed by atoms with Crippen molar-refractivity contribution in [3.05, 3.63) is 12.2 Å². The van der Waals surface area contributed by atoms with Crippen LogP contribution in [0.25, 0.3) is 0 Å². The Bertz CT molecular complexity index is 299. The van der Waals surface area contributed by atoms with Gasteiger partial charge in [-0.05, 0) is 63.8 Å². The fraction of sp³-hybridized carbons (Fsp3) is 0.889. The van der Waals surface area contributed by atoms with Crippen molar-refractivity contribution < 1.29 is 4.74 Å². The molecule has 0 radical (unpaired) electrons. The smallest absolute Gasteiger partial charge is 0.0831 e. The number of nitrogens with one attached hydrogen (secondary N) is 1. The van der Waals surface area contributed by atoms with Crippen molar-refractivity contribution in [3.8, 4) is 0 Å². The van der Waals surface area contributed by atoms with Crippen molar-refractivity contribution in [3.63, 3.8) is 0 Å². The van der Waals surface area contributed by atoms with Crippen LogP contribution in [-0.4, -0.2) is 25.3 Å². The van der Waals surface area contributed by atoms with Crippen LogP contribution in [-0.2, 0) is 4.74 Å². The topological polar surface area (TPSA) is 21.3 Å². The molecule has 0 heterocycles. The molecule has 2 heteroatoms. The van der Waals surface area contributed by atoms with Crippen LogP contribution in [0.2, 0.25) is 0 Å². The van der Waals surface area contributed by atoms with Crippen LogP contribution in [0.5, 0.6) is 0 Å². The molecule has 0 aromatic carbocycles. The molecule has 1 fully saturated rings. The second-order valence-corrected chi connectivity index (χ2v) is 7.44. The summed E-state index contributed by atoms with van der Waals surface area (Å²) in [6.45, 7) is 14.3. The van der Waals surface area contributed by atoms with Gasteiger partial charge in [0.15, 0.2) is 0 Å². The van der Waals surface area contributed by atoms with Crippen LogP contribution >= 0.6 is 0 Å². The summed E-state index contributed by atoms with van der Waals surface area (Å²) in [5.41, 5.74) is 1.78. The highest BCUT2D eigenvalue weighted by atomic mass is 16.5. The number of ether oxygens (including phenoxy) is 1. The summed E-state index contributed by atoms with van der Waals surface area (Å²) in [4.78, 5) is 0. The Balaban J connectivity index is 2.75. The van der Waals surface area contributed by atoms with Gasteiger partial charge in [-0.3, -0.25) is 0 Å². The van der Waals surface area contributed by atoms with Gasteiger partial charge in [-0.2, -0.15) is 0 Å². The van der Waals surface area contributed by atoms with Crippen LogP contribution < -0.4 is 5.32 Å². The van der Waals surface area contributed by atoms with Crippen LogP contribution in [0.15, 0.2) is 12.2 Å². The average molecular weight is 281 g/mol. The molecule has 1 unspecified atom stereocenters. The van der Waals surface area contributed by atoms with E-state index in [4.69, 9.17) is 4.74 Å². The highest BCUT2D eigenvalue weighted by molar-refractivity contribution is 5.01. The first-order valence-corrected chi connectivity index (χ1v) is 8.28. The van der Waals surface area contributed by atoms with Gasteiger partial charge >= 0.3 is 0 Å². The van der Waals surface area contributed by atoms with Gasteiger partial charge in [-0.15, -0.1) is 6.58 Å². The SMILES string of the molecule is C=C(C)CCC(NCCC)C1(OC)CCC(C)(C)CC1. The molecule has 1 N–H and O–H groups in total. The van der Waals surface area contributed by atoms with Gasteiger partial charge in [0.1, 0.15) is 0 Å². The molecule has 0 saturated heterocycles. The Morgan fingerprint density at radius 1 is 1.25 bits per heavy atom. The van der Waals surface area contributed by atoms with Crippen molar-refractivity contribution in [1.29, 1.82) is 0 Å². The molecular weight excluding hydrogens is 246 g/mol. The number of hydrogen-bond acceptors (Lipinski definition) is 2. The first-order chi connectivity index (χ1) is 9.35. The van der Waals surface area contributed by atoms with Crippen LogP contribution in [0.1, 0.15) is 72.6 Å². The van der Waals surface area contributed by atoms with Crippen molar-refractivity contribution in [2.24, 2.45) is 5.41 Å². The monoisotopic (exact) mass is 281 g/mol. The second-order valence-electron chi connectivity index (χ2n) is 7.44. The summed E-state index contributed by atoms with van der Waals surface area (Å²) in [6, 6.07) is 0.459. The van der Waals surface area contributed by atoms with Crippen LogP contribution in [0.4, 0.5) is 0 Å². The maximum absolute atomic E-state index is 6.07. The third-order valence-corrected chi connectivity index (χ3v) is 4.99. The highest BCUT2D eigenvalue weighted by Gasteiger charge is 2.43. The number of methoxy groups -OCH3 is 1. The molecule has 0 aromatic rings. The van der Waals surface area contributed by atoms with E-state index >= 15 is 0 Å². The molecule has 0 aliphatic heterocycles. The Morgan fingerprint density at radius 3 is 2.30 bits per heavy atom. The van der Waals surface area contributed by atoms with Gasteiger partial charge < -0.3 is 10.1 Å². The maximum Gasteiger partial charge on any atom is 0.0831 e. The lowest BCUT2D eigenvalue weighted by Crippen LogP contribution is -2.55. The number of hydrogen-bond donors (Lipinski definition) is 1. The summed E-state index contributed by atoms with van der Waals surface area (Å²) in [5.74, 6) is 0. The Morgan fingerprint density at radius 2 is 1.85 bits per heavy atom. The quantitative estimate of drug-likeness (QED) is 0.651. The van der Waals surface area contributed by atoms with Crippen molar-refractivity contribution >= 4 is 0 Å². The third kappa shape index (κ3) is 4.89. The van der Waals surface area contributed by atoms with Gasteiger partial charge in [-0.1, -0.05) is 26.3 Å². The Labute approximate surface area is 126 Å². The van der Waals surface area contributed by atoms with Crippen LogP contribution in [0, 0.1) is 5.41 Å². The van der Waals surface area contributed by atoms with E-state index in [1.54, 1.807) is 0 Å². The minimum absolute atomic E-state index is 0.0279. The Kier molecular flexibility index (Phi) is 6.74. The normalized spacial score (nSPS) is 22.4. The first kappa shape index (κ1) is 17.7. The fourth-order valence-corrected chi connectivity index (χ4v) is 3.31. The van der Waals surface area contributed by atoms with Gasteiger partial charge in [0, 0.05) is 13.2 Å². The zero-order chi connectivity index (χ0) is 15.2. The van der Waals surface area contributed by atoms with E-state index in [1.165, 1.54) is 37.7 Å². The van der Waals surface area contributed by atoms with Gasteiger partial charge in [0.05, 0.1) is 5.60 Å². The van der Waals surface area contributed by atoms with Gasteiger partial charge in [0.25, 0.3) is 0 Å². The zero-order valence-electron chi connectivity index (χ0n) is 14.3. The minimum Gasteiger partial charge on any atom is -0.377 e. The van der Waals surface area contributed by atoms with E-state index in [1.807, 2.05) is 7.11 Å². The van der Waals surface area contributed by atoms with E-state index in [0.717, 1.165) is 19.4 Å². The molecule has 1 aliphatic carbocycles. The summed E-state index contributed by atoms with van der Waals surface area (Å²) < 4.78 is 6.07. The molecule has 118 valence electrons. The van der Waals surface area contributed by atoms with Gasteiger partial charge in [-0.25, -0.2) is 0 Å². The summed E-state index contributed by atoms with van der Waals surface area (Å²) in [7, 11) is 1.90. The Hall–Kier alpha value is -0.340. The van der Waals surface area contributed by atoms with Crippen LogP contribution in [0.3, 0.4) is 0 Å². The lowest BCUT2D eigenvalue weighted by Gasteiger charge is -2.47. The molecule has 1 aliphatic rings. The van der Waals surface area contributed by atoms with Crippen molar-refractivity contribution in [2.75, 3.05) is 13.7 Å². The minimum atomic E-state index is 0.0279. The van der Waals surface area contributed by atoms with E-state index in [-0.39, 0.29) is 5.60 Å². The largest absolute Gasteiger partial charge is 0.377 e. The van der Waals surface area contributed by atoms with E-state index in [2.05, 4.69) is 39.6 Å². The zero-order valence-corrected chi connectivity index (χ0v) is 14.3. The molecule has 0 bridgehead atoms. The van der Waals surface area contributed by atoms with Crippen molar-refractivity contribution in [1.82, 2.24) is 5.32 Å². The maximum atomic E-state index is 6.07. The predicted octanol–water partition coefficient (Wildman–Crippen LogP) is 4.70. The standard InChI is InChI=1S/C18H35NO/c1-7-14-19-16(9-8-15(2)3)18(20-6)12-10-17(4,5)11-13-18/h16,19H,2,7-14H2,1,3-6H3. The molecule has 20 heavy (non-hydrogen) atoms. The van der Waals surface area contributed by atoms with Gasteiger partial charge in [0.2, 0.25) is 0 Å². The molecule has 0 aromatic heterocycles. The van der Waals surface area contributed by atoms with E-state index < -0.39 is 0 Å². The fourth-order valence-electron chi connectivity index (χ4n) is 3.31. The third-order valence-electron chi connectivity index (χ3n) is 4.99. The molecule has 2 nitrogen and oxygen atoms in total. The summed E-state index contributed by atoms with van der Waals surface area (Å²) in [6.07, 6.45) is 8.28. The lowest BCUT2D eigenvalue weighted by atomic mass is 9.67. The van der Waals surface area contributed by atoms with E-state index in [9.17, 15) is 0 Å². The predicted molar refractivity (Wildman–Crippen MR) is 88.1 cm³/mol. The molecule has 1 rings (SSSR count). The average Bonchev–Trinajstić information content (AvgIpc) is 2.40. The molecular formula is C18H35NO. The van der Waals surface area contributed by atoms with E-state index in [0.29, 0.717) is 11.5 Å². The molecule has 1 atom stereocenters. The lowest BCUT2D eigenvalue weighted by molar-refractivity contribution is -0.0877. The highest BCUT2D eigenvalue weighted by Crippen LogP contribution is 2.44. The molecule has 1 saturated carbocycles. The summed E-state index contributed by atoms with van der Waals surface area (Å²) >= 11 is 0. The number of rotatable bonds is 8. The van der Waals surface area contributed by atoms with Crippen molar-refractivity contribution in [2.45, 2.75) is 84.3 Å². The molecule has 0 amide bonds.